The van der Waals surface area contributed by atoms with Crippen LogP contribution in [0, 0.1) is 0 Å². The lowest BCUT2D eigenvalue weighted by atomic mass is 10.3. The average molecular weight is 372 g/mol. The van der Waals surface area contributed by atoms with Crippen molar-refractivity contribution < 1.29 is 19.0 Å². The van der Waals surface area contributed by atoms with Crippen LogP contribution in [-0.2, 0) is 4.79 Å². The highest BCUT2D eigenvalue weighted by atomic mass is 16.5. The first kappa shape index (κ1) is 20.6. The van der Waals surface area contributed by atoms with Crippen LogP contribution in [-0.4, -0.2) is 51.3 Å². The fourth-order valence-electron chi connectivity index (χ4n) is 2.64. The third-order valence-electron chi connectivity index (χ3n) is 4.14. The van der Waals surface area contributed by atoms with Crippen LogP contribution in [0.2, 0.25) is 0 Å². The molecule has 27 heavy (non-hydrogen) atoms. The molecule has 0 saturated carbocycles. The second-order valence-electron chi connectivity index (χ2n) is 5.99. The number of hydrogen-bond acceptors (Lipinski definition) is 5. The molecule has 1 amide bonds. The number of carbonyl (C=O) groups excluding carboxylic acids is 1. The molecular formula is C21H28N2O4. The number of likely N-dealkylation sites (N-methyl/N-ethyl adjacent to an activating group) is 1. The number of anilines is 1. The molecule has 0 aliphatic carbocycles. The van der Waals surface area contributed by atoms with Crippen molar-refractivity contribution in [2.45, 2.75) is 13.3 Å². The number of methoxy groups -OCH3 is 2. The van der Waals surface area contributed by atoms with Crippen molar-refractivity contribution >= 4 is 11.6 Å². The third-order valence-corrected chi connectivity index (χ3v) is 4.14. The first-order valence-electron chi connectivity index (χ1n) is 9.08. The van der Waals surface area contributed by atoms with Gasteiger partial charge in [0.05, 0.1) is 33.1 Å². The minimum atomic E-state index is -0.0579. The van der Waals surface area contributed by atoms with Gasteiger partial charge in [0, 0.05) is 6.54 Å². The molecule has 6 nitrogen and oxygen atoms in total. The Morgan fingerprint density at radius 1 is 1.00 bits per heavy atom. The van der Waals surface area contributed by atoms with Crippen molar-refractivity contribution in [3.63, 3.8) is 0 Å². The Balaban J connectivity index is 1.73. The summed E-state index contributed by atoms with van der Waals surface area (Å²) in [6, 6.07) is 14.9. The van der Waals surface area contributed by atoms with E-state index in [1.54, 1.807) is 14.2 Å². The molecule has 146 valence electrons. The first-order valence-corrected chi connectivity index (χ1v) is 9.08. The van der Waals surface area contributed by atoms with Gasteiger partial charge >= 0.3 is 0 Å². The normalized spacial score (nSPS) is 10.5. The lowest BCUT2D eigenvalue weighted by Crippen LogP contribution is -2.34. The highest BCUT2D eigenvalue weighted by Gasteiger charge is 2.11. The Bertz CT molecular complexity index is 704. The molecule has 0 bridgehead atoms. The van der Waals surface area contributed by atoms with Crippen LogP contribution in [0.5, 0.6) is 17.2 Å². The predicted molar refractivity (Wildman–Crippen MR) is 107 cm³/mol. The summed E-state index contributed by atoms with van der Waals surface area (Å²) in [5.41, 5.74) is 0.684. The summed E-state index contributed by atoms with van der Waals surface area (Å²) in [5, 5.41) is 2.90. The maximum absolute atomic E-state index is 12.3. The van der Waals surface area contributed by atoms with Gasteiger partial charge in [-0.2, -0.15) is 0 Å². The SMILES string of the molecule is CCN(CCCOc1ccc(OC)cc1)CC(=O)Nc1ccccc1OC. The van der Waals surface area contributed by atoms with E-state index in [4.69, 9.17) is 14.2 Å². The van der Waals surface area contributed by atoms with E-state index in [0.29, 0.717) is 24.6 Å². The van der Waals surface area contributed by atoms with Crippen LogP contribution < -0.4 is 19.5 Å². The summed E-state index contributed by atoms with van der Waals surface area (Å²) in [4.78, 5) is 14.4. The average Bonchev–Trinajstić information content (AvgIpc) is 2.71. The maximum Gasteiger partial charge on any atom is 0.238 e. The summed E-state index contributed by atoms with van der Waals surface area (Å²) in [6.45, 7) is 4.54. The van der Waals surface area contributed by atoms with E-state index in [-0.39, 0.29) is 5.91 Å². The monoisotopic (exact) mass is 372 g/mol. The van der Waals surface area contributed by atoms with Crippen molar-refractivity contribution in [1.29, 1.82) is 0 Å². The quantitative estimate of drug-likeness (QED) is 0.613. The Hall–Kier alpha value is -2.73. The molecule has 0 fully saturated rings. The van der Waals surface area contributed by atoms with E-state index in [0.717, 1.165) is 31.0 Å². The lowest BCUT2D eigenvalue weighted by Gasteiger charge is -2.20. The molecule has 1 N–H and O–H groups in total. The number of benzene rings is 2. The number of para-hydroxylation sites is 2. The number of nitrogens with one attached hydrogen (secondary N) is 1. The molecule has 2 aromatic rings. The Morgan fingerprint density at radius 3 is 2.37 bits per heavy atom. The molecule has 0 saturated heterocycles. The zero-order valence-corrected chi connectivity index (χ0v) is 16.2. The molecule has 0 aliphatic rings. The minimum absolute atomic E-state index is 0.0579. The van der Waals surface area contributed by atoms with E-state index in [2.05, 4.69) is 10.2 Å². The lowest BCUT2D eigenvalue weighted by molar-refractivity contribution is -0.117. The van der Waals surface area contributed by atoms with E-state index in [9.17, 15) is 4.79 Å². The fraction of sp³-hybridized carbons (Fsp3) is 0.381. The molecule has 2 aromatic carbocycles. The number of rotatable bonds is 11. The zero-order chi connectivity index (χ0) is 19.5. The number of hydrogen-bond donors (Lipinski definition) is 1. The maximum atomic E-state index is 12.3. The van der Waals surface area contributed by atoms with Gasteiger partial charge in [-0.15, -0.1) is 0 Å². The second-order valence-corrected chi connectivity index (χ2v) is 5.99. The van der Waals surface area contributed by atoms with Crippen LogP contribution in [0.4, 0.5) is 5.69 Å². The molecule has 0 atom stereocenters. The Morgan fingerprint density at radius 2 is 1.70 bits per heavy atom. The summed E-state index contributed by atoms with van der Waals surface area (Å²) in [7, 11) is 3.23. The molecule has 0 aromatic heterocycles. The molecule has 6 heteroatoms. The van der Waals surface area contributed by atoms with E-state index in [1.807, 2.05) is 55.5 Å². The minimum Gasteiger partial charge on any atom is -0.497 e. The van der Waals surface area contributed by atoms with Crippen LogP contribution in [0.1, 0.15) is 13.3 Å². The summed E-state index contributed by atoms with van der Waals surface area (Å²) < 4.78 is 16.1. The van der Waals surface area contributed by atoms with Gasteiger partial charge in [-0.1, -0.05) is 19.1 Å². The van der Waals surface area contributed by atoms with Crippen molar-refractivity contribution in [2.24, 2.45) is 0 Å². The molecule has 2 rings (SSSR count). The summed E-state index contributed by atoms with van der Waals surface area (Å²) in [5.74, 6) is 2.22. The standard InChI is InChI=1S/C21H28N2O4/c1-4-23(14-7-15-27-18-12-10-17(25-2)11-13-18)16-21(24)22-19-8-5-6-9-20(19)26-3/h5-6,8-13H,4,7,14-16H2,1-3H3,(H,22,24). The molecule has 0 heterocycles. The van der Waals surface area contributed by atoms with Gasteiger partial charge < -0.3 is 19.5 Å². The third kappa shape index (κ3) is 6.83. The van der Waals surface area contributed by atoms with Crippen molar-refractivity contribution in [1.82, 2.24) is 4.90 Å². The van der Waals surface area contributed by atoms with Crippen LogP contribution in [0.15, 0.2) is 48.5 Å². The van der Waals surface area contributed by atoms with Crippen LogP contribution in [0.25, 0.3) is 0 Å². The Kier molecular flexibility index (Phi) is 8.45. The molecule has 0 aliphatic heterocycles. The highest BCUT2D eigenvalue weighted by Crippen LogP contribution is 2.22. The smallest absolute Gasteiger partial charge is 0.238 e. The first-order chi connectivity index (χ1) is 13.2. The van der Waals surface area contributed by atoms with Crippen molar-refractivity contribution in [3.8, 4) is 17.2 Å². The van der Waals surface area contributed by atoms with Gasteiger partial charge in [-0.25, -0.2) is 0 Å². The summed E-state index contributed by atoms with van der Waals surface area (Å²) in [6.07, 6.45) is 0.835. The van der Waals surface area contributed by atoms with Gasteiger partial charge in [0.2, 0.25) is 5.91 Å². The van der Waals surface area contributed by atoms with E-state index < -0.39 is 0 Å². The second kappa shape index (κ2) is 11.1. The van der Waals surface area contributed by atoms with Crippen molar-refractivity contribution in [3.05, 3.63) is 48.5 Å². The fourth-order valence-corrected chi connectivity index (χ4v) is 2.64. The van der Waals surface area contributed by atoms with Gasteiger partial charge in [0.1, 0.15) is 17.2 Å². The summed E-state index contributed by atoms with van der Waals surface area (Å²) >= 11 is 0. The van der Waals surface area contributed by atoms with Crippen LogP contribution >= 0.6 is 0 Å². The molecule has 0 radical (unpaired) electrons. The predicted octanol–water partition coefficient (Wildman–Crippen LogP) is 3.43. The molecule has 0 spiro atoms. The highest BCUT2D eigenvalue weighted by molar-refractivity contribution is 5.93. The van der Waals surface area contributed by atoms with E-state index >= 15 is 0 Å². The van der Waals surface area contributed by atoms with Crippen molar-refractivity contribution in [2.75, 3.05) is 45.8 Å². The van der Waals surface area contributed by atoms with Gasteiger partial charge in [-0.3, -0.25) is 9.69 Å². The topological polar surface area (TPSA) is 60.0 Å². The van der Waals surface area contributed by atoms with Gasteiger partial charge in [-0.05, 0) is 49.4 Å². The Labute approximate surface area is 161 Å². The number of nitrogens with zero attached hydrogens (tertiary/aromatic N) is 1. The van der Waals surface area contributed by atoms with E-state index in [1.165, 1.54) is 0 Å². The number of amides is 1. The molecular weight excluding hydrogens is 344 g/mol. The van der Waals surface area contributed by atoms with Gasteiger partial charge in [0.25, 0.3) is 0 Å². The van der Waals surface area contributed by atoms with Crippen LogP contribution in [0.3, 0.4) is 0 Å². The zero-order valence-electron chi connectivity index (χ0n) is 16.2. The molecule has 0 unspecified atom stereocenters. The van der Waals surface area contributed by atoms with Gasteiger partial charge in [0.15, 0.2) is 0 Å². The number of ether oxygens (including phenoxy) is 3. The number of carbonyl (C=O) groups is 1. The largest absolute Gasteiger partial charge is 0.497 e.